The molecule has 0 bridgehead atoms. The molecule has 0 aliphatic heterocycles. The van der Waals surface area contributed by atoms with Crippen molar-refractivity contribution in [2.24, 2.45) is 0 Å². The Morgan fingerprint density at radius 3 is 2.56 bits per heavy atom. The number of benzene rings is 1. The molecule has 0 aliphatic rings. The van der Waals surface area contributed by atoms with Crippen LogP contribution < -0.4 is 5.73 Å². The van der Waals surface area contributed by atoms with E-state index in [2.05, 4.69) is 29.2 Å². The lowest BCUT2D eigenvalue weighted by atomic mass is 10.1. The quantitative estimate of drug-likeness (QED) is 0.896. The maximum atomic E-state index is 5.99. The lowest BCUT2D eigenvalue weighted by Gasteiger charge is -2.07. The Hall–Kier alpha value is -1.87. The molecule has 0 saturated heterocycles. The lowest BCUT2D eigenvalue weighted by molar-refractivity contribution is 0.202. The van der Waals surface area contributed by atoms with E-state index in [4.69, 9.17) is 10.5 Å². The highest BCUT2D eigenvalue weighted by Crippen LogP contribution is 2.24. The normalized spacial score (nSPS) is 10.6. The Kier molecular flexibility index (Phi) is 3.95. The van der Waals surface area contributed by atoms with Crippen molar-refractivity contribution in [3.63, 3.8) is 0 Å². The Morgan fingerprint density at radius 2 is 1.94 bits per heavy atom. The molecular weight excluding hydrogens is 224 g/mol. The van der Waals surface area contributed by atoms with Crippen molar-refractivity contribution in [2.75, 3.05) is 19.5 Å². The first-order valence-electron chi connectivity index (χ1n) is 6.01. The number of hydrogen-bond donors (Lipinski definition) is 1. The molecule has 2 aromatic rings. The van der Waals surface area contributed by atoms with Crippen molar-refractivity contribution in [3.8, 4) is 11.3 Å². The van der Waals surface area contributed by atoms with Crippen molar-refractivity contribution < 1.29 is 4.74 Å². The fourth-order valence-electron chi connectivity index (χ4n) is 1.88. The fraction of sp³-hybridized carbons (Fsp3) is 0.267. The van der Waals surface area contributed by atoms with E-state index in [-0.39, 0.29) is 0 Å². The first-order valence-corrected chi connectivity index (χ1v) is 6.01. The third kappa shape index (κ3) is 2.87. The summed E-state index contributed by atoms with van der Waals surface area (Å²) < 4.78 is 5.06. The van der Waals surface area contributed by atoms with E-state index in [1.54, 1.807) is 7.11 Å². The van der Waals surface area contributed by atoms with Crippen LogP contribution in [-0.4, -0.2) is 18.7 Å². The van der Waals surface area contributed by atoms with Crippen LogP contribution in [0.4, 0.5) is 5.69 Å². The zero-order valence-corrected chi connectivity index (χ0v) is 10.8. The van der Waals surface area contributed by atoms with Crippen molar-refractivity contribution in [1.82, 2.24) is 4.98 Å². The van der Waals surface area contributed by atoms with Gasteiger partial charge in [-0.15, -0.1) is 0 Å². The minimum atomic E-state index is 0.722. The highest BCUT2D eigenvalue weighted by atomic mass is 16.5. The summed E-state index contributed by atoms with van der Waals surface area (Å²) >= 11 is 0. The van der Waals surface area contributed by atoms with Crippen molar-refractivity contribution in [3.05, 3.63) is 47.7 Å². The van der Waals surface area contributed by atoms with Gasteiger partial charge in [0.15, 0.2) is 0 Å². The monoisotopic (exact) mass is 242 g/mol. The van der Waals surface area contributed by atoms with Crippen molar-refractivity contribution >= 4 is 5.69 Å². The third-order valence-corrected chi connectivity index (χ3v) is 2.88. The molecular formula is C15H18N2O. The van der Waals surface area contributed by atoms with E-state index in [0.29, 0.717) is 0 Å². The van der Waals surface area contributed by atoms with Gasteiger partial charge in [-0.25, -0.2) is 0 Å². The smallest absolute Gasteiger partial charge is 0.0931 e. The summed E-state index contributed by atoms with van der Waals surface area (Å²) in [5.41, 5.74) is 10.9. The average Bonchev–Trinajstić information content (AvgIpc) is 2.37. The minimum absolute atomic E-state index is 0.722. The number of ether oxygens (including phenoxy) is 1. The second kappa shape index (κ2) is 5.65. The molecule has 1 aromatic heterocycles. The van der Waals surface area contributed by atoms with Crippen LogP contribution in [0.2, 0.25) is 0 Å². The summed E-state index contributed by atoms with van der Waals surface area (Å²) in [6, 6.07) is 10.2. The first kappa shape index (κ1) is 12.6. The first-order chi connectivity index (χ1) is 8.70. The van der Waals surface area contributed by atoms with Crippen molar-refractivity contribution in [2.45, 2.75) is 13.3 Å². The van der Waals surface area contributed by atoms with Gasteiger partial charge in [0.2, 0.25) is 0 Å². The predicted octanol–water partition coefficient (Wildman–Crippen LogP) is 2.83. The number of rotatable bonds is 4. The zero-order chi connectivity index (χ0) is 13.0. The second-order valence-electron chi connectivity index (χ2n) is 4.39. The number of nitrogens with two attached hydrogens (primary N) is 1. The second-order valence-corrected chi connectivity index (χ2v) is 4.39. The highest BCUT2D eigenvalue weighted by molar-refractivity contribution is 5.72. The lowest BCUT2D eigenvalue weighted by Crippen LogP contribution is -1.96. The average molecular weight is 242 g/mol. The number of aryl methyl sites for hydroxylation is 1. The summed E-state index contributed by atoms with van der Waals surface area (Å²) in [5.74, 6) is 0. The van der Waals surface area contributed by atoms with E-state index in [0.717, 1.165) is 35.5 Å². The Morgan fingerprint density at radius 1 is 1.22 bits per heavy atom. The van der Waals surface area contributed by atoms with E-state index in [1.165, 1.54) is 5.56 Å². The van der Waals surface area contributed by atoms with Crippen LogP contribution in [-0.2, 0) is 11.2 Å². The molecule has 3 heteroatoms. The van der Waals surface area contributed by atoms with Gasteiger partial charge in [-0.3, -0.25) is 4.98 Å². The number of pyridine rings is 1. The summed E-state index contributed by atoms with van der Waals surface area (Å²) in [4.78, 5) is 4.39. The van der Waals surface area contributed by atoms with Crippen LogP contribution in [0.25, 0.3) is 11.3 Å². The number of aromatic nitrogens is 1. The minimum Gasteiger partial charge on any atom is -0.397 e. The number of nitrogen functional groups attached to an aromatic ring is 1. The van der Waals surface area contributed by atoms with Gasteiger partial charge in [0, 0.05) is 18.9 Å². The standard InChI is InChI=1S/C15H18N2O/c1-11-9-14(16)15(17-10-11)13-5-3-12(4-6-13)7-8-18-2/h3-6,9-10H,7-8,16H2,1-2H3. The van der Waals surface area contributed by atoms with Gasteiger partial charge in [0.05, 0.1) is 18.0 Å². The third-order valence-electron chi connectivity index (χ3n) is 2.88. The van der Waals surface area contributed by atoms with Gasteiger partial charge in [-0.2, -0.15) is 0 Å². The molecule has 0 spiro atoms. The van der Waals surface area contributed by atoms with E-state index in [1.807, 2.05) is 19.2 Å². The van der Waals surface area contributed by atoms with Gasteiger partial charge < -0.3 is 10.5 Å². The molecule has 0 amide bonds. The molecule has 0 atom stereocenters. The van der Waals surface area contributed by atoms with Crippen LogP contribution in [0, 0.1) is 6.92 Å². The largest absolute Gasteiger partial charge is 0.397 e. The molecule has 0 aliphatic carbocycles. The van der Waals surface area contributed by atoms with Crippen LogP contribution in [0.5, 0.6) is 0 Å². The van der Waals surface area contributed by atoms with Gasteiger partial charge in [-0.1, -0.05) is 24.3 Å². The molecule has 2 rings (SSSR count). The van der Waals surface area contributed by atoms with Gasteiger partial charge in [-0.05, 0) is 30.5 Å². The van der Waals surface area contributed by atoms with Crippen LogP contribution in [0.3, 0.4) is 0 Å². The topological polar surface area (TPSA) is 48.1 Å². The number of methoxy groups -OCH3 is 1. The molecule has 0 fully saturated rings. The molecule has 0 saturated carbocycles. The van der Waals surface area contributed by atoms with E-state index < -0.39 is 0 Å². The summed E-state index contributed by atoms with van der Waals surface area (Å²) in [5, 5.41) is 0. The maximum Gasteiger partial charge on any atom is 0.0931 e. The van der Waals surface area contributed by atoms with Gasteiger partial charge >= 0.3 is 0 Å². The molecule has 1 heterocycles. The Balaban J connectivity index is 2.23. The molecule has 3 nitrogen and oxygen atoms in total. The molecule has 0 unspecified atom stereocenters. The van der Waals surface area contributed by atoms with Crippen LogP contribution >= 0.6 is 0 Å². The SMILES string of the molecule is COCCc1ccc(-c2ncc(C)cc2N)cc1. The number of hydrogen-bond acceptors (Lipinski definition) is 3. The van der Waals surface area contributed by atoms with Gasteiger partial charge in [0.1, 0.15) is 0 Å². The molecule has 18 heavy (non-hydrogen) atoms. The van der Waals surface area contributed by atoms with Crippen LogP contribution in [0.15, 0.2) is 36.5 Å². The predicted molar refractivity (Wildman–Crippen MR) is 74.4 cm³/mol. The summed E-state index contributed by atoms with van der Waals surface area (Å²) in [6.07, 6.45) is 2.76. The molecule has 1 aromatic carbocycles. The summed E-state index contributed by atoms with van der Waals surface area (Å²) in [6.45, 7) is 2.73. The summed E-state index contributed by atoms with van der Waals surface area (Å²) in [7, 11) is 1.71. The zero-order valence-electron chi connectivity index (χ0n) is 10.8. The fourth-order valence-corrected chi connectivity index (χ4v) is 1.88. The number of anilines is 1. The Labute approximate surface area is 108 Å². The molecule has 94 valence electrons. The van der Waals surface area contributed by atoms with Crippen molar-refractivity contribution in [1.29, 1.82) is 0 Å². The van der Waals surface area contributed by atoms with E-state index >= 15 is 0 Å². The Bertz CT molecular complexity index is 521. The van der Waals surface area contributed by atoms with Gasteiger partial charge in [0.25, 0.3) is 0 Å². The maximum absolute atomic E-state index is 5.99. The van der Waals surface area contributed by atoms with E-state index in [9.17, 15) is 0 Å². The molecule has 0 radical (unpaired) electrons. The highest BCUT2D eigenvalue weighted by Gasteiger charge is 2.04. The number of nitrogens with zero attached hydrogens (tertiary/aromatic N) is 1. The molecule has 2 N–H and O–H groups in total. The van der Waals surface area contributed by atoms with Crippen LogP contribution in [0.1, 0.15) is 11.1 Å².